The lowest BCUT2D eigenvalue weighted by Crippen LogP contribution is -2.47. The van der Waals surface area contributed by atoms with Crippen molar-refractivity contribution in [2.75, 3.05) is 40.9 Å². The molecule has 10 heteroatoms. The fourth-order valence-corrected chi connectivity index (χ4v) is 9.29. The zero-order valence-corrected chi connectivity index (χ0v) is 51.5. The second-order valence-electron chi connectivity index (χ2n) is 22.2. The molecule has 77 heavy (non-hydrogen) atoms. The van der Waals surface area contributed by atoms with Crippen molar-refractivity contribution < 1.29 is 37.3 Å². The van der Waals surface area contributed by atoms with Gasteiger partial charge in [0.2, 0.25) is 5.91 Å². The van der Waals surface area contributed by atoms with Crippen LogP contribution in [0.4, 0.5) is 0 Å². The summed E-state index contributed by atoms with van der Waals surface area (Å²) in [5.41, 5.74) is 0. The highest BCUT2D eigenvalue weighted by Gasteiger charge is 2.27. The lowest BCUT2D eigenvalue weighted by atomic mass is 10.0. The monoisotopic (exact) mass is 1090 g/mol. The Kier molecular flexibility index (Phi) is 54.0. The molecule has 9 nitrogen and oxygen atoms in total. The number of unbranched alkanes of at least 4 members (excludes halogenated alkanes) is 26. The van der Waals surface area contributed by atoms with E-state index in [2.05, 4.69) is 111 Å². The average Bonchev–Trinajstić information content (AvgIpc) is 3.39. The van der Waals surface area contributed by atoms with Gasteiger partial charge in [0.05, 0.1) is 33.8 Å². The number of allylic oxidation sites excluding steroid dienone is 15. The lowest BCUT2D eigenvalue weighted by molar-refractivity contribution is -0.870. The zero-order valence-electron chi connectivity index (χ0n) is 50.6. The van der Waals surface area contributed by atoms with Gasteiger partial charge < -0.3 is 28.5 Å². The Morgan fingerprint density at radius 1 is 0.455 bits per heavy atom. The number of nitrogens with zero attached hydrogens (tertiary/aromatic N) is 1. The molecule has 0 spiro atoms. The molecule has 0 radical (unpaired) electrons. The first-order chi connectivity index (χ1) is 37.4. The molecular weight excluding hydrogens is 976 g/mol. The Labute approximate surface area is 475 Å². The van der Waals surface area contributed by atoms with E-state index in [0.29, 0.717) is 30.3 Å². The van der Waals surface area contributed by atoms with Gasteiger partial charge in [-0.05, 0) is 115 Å². The number of phosphoric ester groups is 1. The molecule has 0 heterocycles. The van der Waals surface area contributed by atoms with Crippen LogP contribution in [-0.4, -0.2) is 69.4 Å². The summed E-state index contributed by atoms with van der Waals surface area (Å²) in [6.07, 6.45) is 75.1. The van der Waals surface area contributed by atoms with E-state index in [-0.39, 0.29) is 24.9 Å². The van der Waals surface area contributed by atoms with Crippen LogP contribution in [0.1, 0.15) is 265 Å². The molecule has 0 aromatic carbocycles. The van der Waals surface area contributed by atoms with E-state index in [0.717, 1.165) is 109 Å². The van der Waals surface area contributed by atoms with Crippen molar-refractivity contribution in [3.05, 3.63) is 97.2 Å². The number of hydrogen-bond acceptors (Lipinski definition) is 7. The Morgan fingerprint density at radius 3 is 1.22 bits per heavy atom. The van der Waals surface area contributed by atoms with E-state index < -0.39 is 26.6 Å². The maximum absolute atomic E-state index is 13.5. The number of amides is 1. The number of ether oxygens (including phenoxy) is 1. The molecule has 0 rings (SSSR count). The second kappa shape index (κ2) is 56.2. The number of carbonyl (C=O) groups is 2. The number of phosphoric acid groups is 1. The average molecular weight is 1100 g/mol. The SMILES string of the molecule is CCCCC/C=C\C/C=C\C/C=C\C/C=C\CCCCCC(=O)OC(/C=C/CCCCCCCCCCCCC)C(COP(=O)([O-])OCC[N+](C)(C)C)NC(=O)CCCCCCCC/C=C\C/C=C\C/C=C\CCCCC. The molecule has 3 atom stereocenters. The Morgan fingerprint density at radius 2 is 0.792 bits per heavy atom. The van der Waals surface area contributed by atoms with E-state index in [1.165, 1.54) is 109 Å². The molecule has 1 amide bonds. The molecule has 0 bridgehead atoms. The third kappa shape index (κ3) is 57.4. The minimum absolute atomic E-state index is 0.0349. The quantitative estimate of drug-likeness (QED) is 0.0212. The van der Waals surface area contributed by atoms with Gasteiger partial charge in [-0.15, -0.1) is 0 Å². The summed E-state index contributed by atoms with van der Waals surface area (Å²) in [5.74, 6) is -0.594. The van der Waals surface area contributed by atoms with E-state index in [1.54, 1.807) is 0 Å². The van der Waals surface area contributed by atoms with Gasteiger partial charge in [0, 0.05) is 12.8 Å². The van der Waals surface area contributed by atoms with Crippen LogP contribution in [0.2, 0.25) is 0 Å². The van der Waals surface area contributed by atoms with Crippen molar-refractivity contribution in [2.45, 2.75) is 277 Å². The van der Waals surface area contributed by atoms with Crippen LogP contribution < -0.4 is 10.2 Å². The smallest absolute Gasteiger partial charge is 0.306 e. The first kappa shape index (κ1) is 73.9. The van der Waals surface area contributed by atoms with Gasteiger partial charge in [-0.25, -0.2) is 0 Å². The molecule has 0 aliphatic carbocycles. The number of quaternary nitrogens is 1. The topological polar surface area (TPSA) is 114 Å². The first-order valence-electron chi connectivity index (χ1n) is 31.5. The molecule has 0 saturated carbocycles. The van der Waals surface area contributed by atoms with E-state index in [1.807, 2.05) is 33.3 Å². The molecular formula is C67H119N2O7P. The van der Waals surface area contributed by atoms with Crippen molar-refractivity contribution in [1.82, 2.24) is 5.32 Å². The number of likely N-dealkylation sites (N-methyl/N-ethyl adjacent to an activating group) is 1. The summed E-state index contributed by atoms with van der Waals surface area (Å²) in [5, 5.41) is 3.02. The fourth-order valence-electron chi connectivity index (χ4n) is 8.57. The summed E-state index contributed by atoms with van der Waals surface area (Å²) in [6, 6.07) is -0.914. The van der Waals surface area contributed by atoms with Crippen molar-refractivity contribution in [3.63, 3.8) is 0 Å². The number of carbonyl (C=O) groups excluding carboxylic acids is 2. The van der Waals surface area contributed by atoms with E-state index in [9.17, 15) is 19.0 Å². The van der Waals surface area contributed by atoms with Crippen molar-refractivity contribution in [3.8, 4) is 0 Å². The number of nitrogens with one attached hydrogen (secondary N) is 1. The molecule has 3 unspecified atom stereocenters. The van der Waals surface area contributed by atoms with Gasteiger partial charge in [0.15, 0.2) is 0 Å². The Hall–Kier alpha value is -3.07. The second-order valence-corrected chi connectivity index (χ2v) is 23.6. The van der Waals surface area contributed by atoms with Gasteiger partial charge >= 0.3 is 5.97 Å². The van der Waals surface area contributed by atoms with Crippen molar-refractivity contribution in [2.24, 2.45) is 0 Å². The lowest BCUT2D eigenvalue weighted by Gasteiger charge is -2.30. The number of rotatable bonds is 56. The highest BCUT2D eigenvalue weighted by molar-refractivity contribution is 7.45. The molecule has 0 aliphatic heterocycles. The minimum atomic E-state index is -4.72. The summed E-state index contributed by atoms with van der Waals surface area (Å²) in [4.78, 5) is 40.0. The molecule has 0 aliphatic rings. The zero-order chi connectivity index (χ0) is 56.4. The van der Waals surface area contributed by atoms with Crippen LogP contribution in [0.5, 0.6) is 0 Å². The van der Waals surface area contributed by atoms with Crippen molar-refractivity contribution in [1.29, 1.82) is 0 Å². The standard InChI is InChI=1S/C67H119N2O7P/c1-7-10-13-16-19-22-25-28-30-32-34-36-38-41-44-47-50-53-56-59-66(70)68-64(63-75-77(72,73)74-62-61-69(4,5)6)65(58-55-52-49-46-43-40-27-24-21-18-15-12-9-3)76-67(71)60-57-54-51-48-45-42-39-37-35-33-31-29-26-23-20-17-14-11-8-2/h19-20,22-23,28-31,34-37,42,45,55,58,64-65H,7-18,21,24-27,32-33,38-41,43-44,46-54,56-57,59-63H2,1-6H3,(H-,68,70,72,73)/b22-19-,23-20-,30-28-,31-29-,36-34-,37-35-,45-42-,58-55+. The van der Waals surface area contributed by atoms with Gasteiger partial charge in [-0.2, -0.15) is 0 Å². The Bertz CT molecular complexity index is 1640. The van der Waals surface area contributed by atoms with Gasteiger partial charge in [0.25, 0.3) is 7.82 Å². The summed E-state index contributed by atoms with van der Waals surface area (Å²) < 4.78 is 30.3. The van der Waals surface area contributed by atoms with Crippen LogP contribution in [0, 0.1) is 0 Å². The number of esters is 1. The third-order valence-corrected chi connectivity index (χ3v) is 14.5. The fraction of sp³-hybridized carbons (Fsp3) is 0.731. The highest BCUT2D eigenvalue weighted by atomic mass is 31.2. The van der Waals surface area contributed by atoms with Gasteiger partial charge in [-0.3, -0.25) is 14.2 Å². The van der Waals surface area contributed by atoms with Crippen LogP contribution in [-0.2, 0) is 27.9 Å². The van der Waals surface area contributed by atoms with Gasteiger partial charge in [0.1, 0.15) is 19.3 Å². The first-order valence-corrected chi connectivity index (χ1v) is 33.0. The minimum Gasteiger partial charge on any atom is -0.756 e. The van der Waals surface area contributed by atoms with Crippen LogP contribution in [0.25, 0.3) is 0 Å². The van der Waals surface area contributed by atoms with Crippen molar-refractivity contribution >= 4 is 19.7 Å². The third-order valence-electron chi connectivity index (χ3n) is 13.5. The van der Waals surface area contributed by atoms with E-state index >= 15 is 0 Å². The predicted molar refractivity (Wildman–Crippen MR) is 330 cm³/mol. The van der Waals surface area contributed by atoms with Crippen LogP contribution in [0.15, 0.2) is 97.2 Å². The van der Waals surface area contributed by atoms with Gasteiger partial charge in [-0.1, -0.05) is 234 Å². The summed E-state index contributed by atoms with van der Waals surface area (Å²) in [6.45, 7) is 6.75. The molecule has 0 aromatic rings. The van der Waals surface area contributed by atoms with Crippen LogP contribution >= 0.6 is 7.82 Å². The normalized spacial score (nSPS) is 14.3. The maximum Gasteiger partial charge on any atom is 0.306 e. The number of hydrogen-bond donors (Lipinski definition) is 1. The summed E-state index contributed by atoms with van der Waals surface area (Å²) >= 11 is 0. The highest BCUT2D eigenvalue weighted by Crippen LogP contribution is 2.38. The largest absolute Gasteiger partial charge is 0.756 e. The van der Waals surface area contributed by atoms with Crippen LogP contribution in [0.3, 0.4) is 0 Å². The predicted octanol–water partition coefficient (Wildman–Crippen LogP) is 18.9. The molecule has 444 valence electrons. The Balaban J connectivity index is 5.38. The molecule has 1 N–H and O–H groups in total. The molecule has 0 fully saturated rings. The summed E-state index contributed by atoms with van der Waals surface area (Å²) in [7, 11) is 1.15. The molecule has 0 saturated heterocycles. The van der Waals surface area contributed by atoms with E-state index in [4.69, 9.17) is 13.8 Å². The molecule has 0 aromatic heterocycles. The maximum atomic E-state index is 13.5.